The highest BCUT2D eigenvalue weighted by Gasteiger charge is 2.21. The summed E-state index contributed by atoms with van der Waals surface area (Å²) in [6, 6.07) is 21.3. The first-order valence-electron chi connectivity index (χ1n) is 12.2. The zero-order valence-corrected chi connectivity index (χ0v) is 21.8. The Morgan fingerprint density at radius 3 is 2.46 bits per heavy atom. The number of benzene rings is 2. The lowest BCUT2D eigenvalue weighted by molar-refractivity contribution is 0.253. The molecule has 0 amide bonds. The van der Waals surface area contributed by atoms with Crippen molar-refractivity contribution in [2.24, 2.45) is 0 Å². The first kappa shape index (κ1) is 23.7. The van der Waals surface area contributed by atoms with Gasteiger partial charge < -0.3 is 24.7 Å². The first-order valence-corrected chi connectivity index (χ1v) is 14.8. The minimum atomic E-state index is -2.41. The smallest absolute Gasteiger partial charge is 0.139 e. The molecule has 2 aromatic carbocycles. The van der Waals surface area contributed by atoms with E-state index in [1.165, 1.54) is 18.5 Å². The van der Waals surface area contributed by atoms with Gasteiger partial charge in [0.2, 0.25) is 0 Å². The number of nitrogens with one attached hydrogen (secondary N) is 2. The summed E-state index contributed by atoms with van der Waals surface area (Å²) in [7, 11) is 1.99. The maximum atomic E-state index is 12.8. The number of fused-ring (bicyclic) bond motifs is 1. The van der Waals surface area contributed by atoms with Gasteiger partial charge in [-0.1, -0.05) is 24.3 Å². The zero-order chi connectivity index (χ0) is 24.6. The van der Waals surface area contributed by atoms with Crippen LogP contribution in [-0.4, -0.2) is 61.4 Å². The summed E-state index contributed by atoms with van der Waals surface area (Å²) in [5.41, 5.74) is 6.04. The molecular weight excluding hydrogens is 453 g/mol. The number of likely N-dealkylation sites (tertiary alicyclic amines) is 1. The van der Waals surface area contributed by atoms with E-state index in [0.717, 1.165) is 52.1 Å². The zero-order valence-electron chi connectivity index (χ0n) is 21.0. The number of piperidine rings is 1. The molecule has 0 atom stereocenters. The average Bonchev–Trinajstić information content (AvgIpc) is 3.29. The van der Waals surface area contributed by atoms with Gasteiger partial charge in [-0.15, -0.1) is 0 Å². The van der Waals surface area contributed by atoms with Gasteiger partial charge in [-0.3, -0.25) is 0 Å². The largest absolute Gasteiger partial charge is 0.372 e. The standard InChI is InChI=1S/C28H34N5OP/c1-32-17-14-22(15-18-32)33(2)21-11-9-20(10-12-21)26-19-23-24(13-16-29-28(23)31-26)30-25-7-5-6-8-27(25)35(3,4)34/h5-13,16,19,22H,14-15,17-18H2,1-4H3,(H2,29,30,31). The fourth-order valence-corrected chi connectivity index (χ4v) is 6.11. The Kier molecular flexibility index (Phi) is 6.43. The van der Waals surface area contributed by atoms with E-state index in [4.69, 9.17) is 0 Å². The molecule has 0 aliphatic carbocycles. The minimum Gasteiger partial charge on any atom is -0.372 e. The lowest BCUT2D eigenvalue weighted by atomic mass is 10.0. The van der Waals surface area contributed by atoms with E-state index in [1.54, 1.807) is 19.5 Å². The number of nitrogens with zero attached hydrogens (tertiary/aromatic N) is 3. The minimum absolute atomic E-state index is 0.590. The number of H-pyrrole nitrogens is 1. The number of pyridine rings is 1. The molecule has 2 aromatic heterocycles. The summed E-state index contributed by atoms with van der Waals surface area (Å²) < 4.78 is 12.8. The molecular formula is C28H34N5OP. The van der Waals surface area contributed by atoms with Gasteiger partial charge >= 0.3 is 0 Å². The van der Waals surface area contributed by atoms with E-state index >= 15 is 0 Å². The summed E-state index contributed by atoms with van der Waals surface area (Å²) in [5.74, 6) is 0. The molecule has 3 heterocycles. The number of rotatable bonds is 6. The molecule has 6 nitrogen and oxygen atoms in total. The molecule has 1 aliphatic rings. The van der Waals surface area contributed by atoms with Gasteiger partial charge in [-0.25, -0.2) is 4.98 Å². The first-order chi connectivity index (χ1) is 16.8. The van der Waals surface area contributed by atoms with Crippen molar-refractivity contribution in [3.05, 3.63) is 66.9 Å². The van der Waals surface area contributed by atoms with Crippen LogP contribution in [0.15, 0.2) is 66.9 Å². The molecule has 7 heteroatoms. The number of aromatic amines is 1. The topological polar surface area (TPSA) is 64.3 Å². The summed E-state index contributed by atoms with van der Waals surface area (Å²) in [4.78, 5) is 12.9. The van der Waals surface area contributed by atoms with Crippen LogP contribution in [0.1, 0.15) is 12.8 Å². The van der Waals surface area contributed by atoms with Gasteiger partial charge in [0, 0.05) is 47.0 Å². The molecule has 182 valence electrons. The van der Waals surface area contributed by atoms with Crippen LogP contribution in [0, 0.1) is 0 Å². The third kappa shape index (κ3) is 5.00. The predicted molar refractivity (Wildman–Crippen MR) is 149 cm³/mol. The predicted octanol–water partition coefficient (Wildman–Crippen LogP) is 5.75. The van der Waals surface area contributed by atoms with Crippen LogP contribution in [0.4, 0.5) is 17.1 Å². The quantitative estimate of drug-likeness (QED) is 0.339. The second-order valence-electron chi connectivity index (χ2n) is 9.99. The van der Waals surface area contributed by atoms with Gasteiger partial charge in [-0.05, 0) is 88.3 Å². The van der Waals surface area contributed by atoms with E-state index in [2.05, 4.69) is 69.5 Å². The molecule has 5 rings (SSSR count). The van der Waals surface area contributed by atoms with Crippen molar-refractivity contribution >= 4 is 40.5 Å². The maximum Gasteiger partial charge on any atom is 0.139 e. The van der Waals surface area contributed by atoms with Crippen molar-refractivity contribution < 1.29 is 4.57 Å². The molecule has 2 N–H and O–H groups in total. The van der Waals surface area contributed by atoms with Crippen LogP contribution in [0.25, 0.3) is 22.3 Å². The van der Waals surface area contributed by atoms with Gasteiger partial charge in [0.25, 0.3) is 0 Å². The second kappa shape index (κ2) is 9.52. The van der Waals surface area contributed by atoms with E-state index in [1.807, 2.05) is 30.3 Å². The number of hydrogen-bond acceptors (Lipinski definition) is 5. The van der Waals surface area contributed by atoms with Crippen molar-refractivity contribution in [3.63, 3.8) is 0 Å². The molecule has 0 spiro atoms. The molecule has 1 fully saturated rings. The van der Waals surface area contributed by atoms with Gasteiger partial charge in [0.05, 0.1) is 5.69 Å². The van der Waals surface area contributed by atoms with Gasteiger partial charge in [0.1, 0.15) is 12.8 Å². The van der Waals surface area contributed by atoms with Crippen molar-refractivity contribution in [2.45, 2.75) is 18.9 Å². The van der Waals surface area contributed by atoms with E-state index in [0.29, 0.717) is 6.04 Å². The van der Waals surface area contributed by atoms with Crippen LogP contribution < -0.4 is 15.5 Å². The molecule has 1 aliphatic heterocycles. The van der Waals surface area contributed by atoms with Crippen molar-refractivity contribution in [1.82, 2.24) is 14.9 Å². The highest BCUT2D eigenvalue weighted by molar-refractivity contribution is 7.70. The summed E-state index contributed by atoms with van der Waals surface area (Å²) in [6.07, 6.45) is 4.20. The molecule has 4 aromatic rings. The lowest BCUT2D eigenvalue weighted by Crippen LogP contribution is -2.41. The maximum absolute atomic E-state index is 12.8. The number of aromatic nitrogens is 2. The molecule has 0 unspecified atom stereocenters. The van der Waals surface area contributed by atoms with Gasteiger partial charge in [0.15, 0.2) is 0 Å². The molecule has 0 radical (unpaired) electrons. The van der Waals surface area contributed by atoms with Crippen LogP contribution in [0.5, 0.6) is 0 Å². The Bertz CT molecular complexity index is 1370. The van der Waals surface area contributed by atoms with E-state index < -0.39 is 7.14 Å². The number of hydrogen-bond donors (Lipinski definition) is 2. The SMILES string of the molecule is CN1CCC(N(C)c2ccc(-c3cc4c(Nc5ccccc5P(C)(C)=O)ccnc4[nH]3)cc2)CC1. The Morgan fingerprint density at radius 1 is 1.03 bits per heavy atom. The van der Waals surface area contributed by atoms with Crippen LogP contribution in [0.3, 0.4) is 0 Å². The summed E-state index contributed by atoms with van der Waals surface area (Å²) in [6.45, 7) is 5.92. The highest BCUT2D eigenvalue weighted by Crippen LogP contribution is 2.39. The van der Waals surface area contributed by atoms with E-state index in [-0.39, 0.29) is 0 Å². The van der Waals surface area contributed by atoms with Crippen molar-refractivity contribution in [1.29, 1.82) is 0 Å². The number of para-hydroxylation sites is 1. The highest BCUT2D eigenvalue weighted by atomic mass is 31.2. The van der Waals surface area contributed by atoms with Crippen LogP contribution in [-0.2, 0) is 4.57 Å². The van der Waals surface area contributed by atoms with Crippen molar-refractivity contribution in [2.75, 3.05) is 50.7 Å². The summed E-state index contributed by atoms with van der Waals surface area (Å²) in [5, 5.41) is 5.37. The van der Waals surface area contributed by atoms with E-state index in [9.17, 15) is 4.57 Å². The third-order valence-electron chi connectivity index (χ3n) is 7.11. The Labute approximate surface area is 207 Å². The van der Waals surface area contributed by atoms with Crippen LogP contribution in [0.2, 0.25) is 0 Å². The Morgan fingerprint density at radius 2 is 1.74 bits per heavy atom. The summed E-state index contributed by atoms with van der Waals surface area (Å²) >= 11 is 0. The molecule has 1 saturated heterocycles. The normalized spacial score (nSPS) is 15.4. The molecule has 0 saturated carbocycles. The molecule has 0 bridgehead atoms. The lowest BCUT2D eigenvalue weighted by Gasteiger charge is -2.36. The molecule has 35 heavy (non-hydrogen) atoms. The fraction of sp³-hybridized carbons (Fsp3) is 0.321. The Balaban J connectivity index is 1.40. The fourth-order valence-electron chi connectivity index (χ4n) is 4.95. The number of anilines is 3. The third-order valence-corrected chi connectivity index (χ3v) is 8.66. The average molecular weight is 488 g/mol. The van der Waals surface area contributed by atoms with Crippen molar-refractivity contribution in [3.8, 4) is 11.3 Å². The monoisotopic (exact) mass is 487 g/mol. The van der Waals surface area contributed by atoms with Crippen LogP contribution >= 0.6 is 7.14 Å². The Hall–Kier alpha value is -3.08. The van der Waals surface area contributed by atoms with Gasteiger partial charge in [-0.2, -0.15) is 0 Å². The second-order valence-corrected chi connectivity index (χ2v) is 13.2.